The molecule has 0 radical (unpaired) electrons. The van der Waals surface area contributed by atoms with Gasteiger partial charge in [-0.1, -0.05) is 24.3 Å². The van der Waals surface area contributed by atoms with E-state index >= 15 is 0 Å². The first-order valence-electron chi connectivity index (χ1n) is 7.18. The van der Waals surface area contributed by atoms with E-state index in [4.69, 9.17) is 0 Å². The number of nitrogens with one attached hydrogen (secondary N) is 2. The molecule has 2 aromatic carbocycles. The van der Waals surface area contributed by atoms with Gasteiger partial charge in [-0.2, -0.15) is 0 Å². The van der Waals surface area contributed by atoms with Gasteiger partial charge in [0.05, 0.1) is 11.3 Å². The Balaban J connectivity index is 1.75. The van der Waals surface area contributed by atoms with Crippen molar-refractivity contribution in [3.05, 3.63) is 66.6 Å². The summed E-state index contributed by atoms with van der Waals surface area (Å²) in [5.74, 6) is 0.0405. The van der Waals surface area contributed by atoms with Crippen molar-refractivity contribution in [3.63, 3.8) is 0 Å². The Labute approximate surface area is 132 Å². The van der Waals surface area contributed by atoms with E-state index in [1.807, 2.05) is 30.3 Å². The number of pyridine rings is 1. The van der Waals surface area contributed by atoms with E-state index in [-0.39, 0.29) is 11.7 Å². The number of phenolic OH excluding ortho intramolecular Hbond substituents is 1. The molecule has 0 bridgehead atoms. The van der Waals surface area contributed by atoms with E-state index in [1.54, 1.807) is 30.6 Å². The molecule has 1 aromatic heterocycles. The number of aromatic hydroxyl groups is 1. The van der Waals surface area contributed by atoms with E-state index in [0.29, 0.717) is 17.0 Å². The van der Waals surface area contributed by atoms with Crippen molar-refractivity contribution < 1.29 is 9.90 Å². The summed E-state index contributed by atoms with van der Waals surface area (Å²) in [5, 5.41) is 17.5. The number of amides is 1. The van der Waals surface area contributed by atoms with Crippen LogP contribution in [0.1, 0.15) is 5.69 Å². The minimum absolute atomic E-state index is 0.186. The van der Waals surface area contributed by atoms with Crippen LogP contribution in [-0.2, 0) is 4.79 Å². The summed E-state index contributed by atoms with van der Waals surface area (Å²) < 4.78 is 0. The maximum Gasteiger partial charge on any atom is 0.259 e. The van der Waals surface area contributed by atoms with Gasteiger partial charge in [-0.05, 0) is 24.3 Å². The third-order valence-corrected chi connectivity index (χ3v) is 3.83. The van der Waals surface area contributed by atoms with Crippen LogP contribution in [0, 0.1) is 0 Å². The highest BCUT2D eigenvalue weighted by Gasteiger charge is 2.24. The minimum Gasteiger partial charge on any atom is -0.507 e. The molecule has 1 aliphatic rings. The van der Waals surface area contributed by atoms with Crippen LogP contribution in [0.5, 0.6) is 5.75 Å². The second kappa shape index (κ2) is 5.14. The number of phenols is 1. The summed E-state index contributed by atoms with van der Waals surface area (Å²) in [4.78, 5) is 16.3. The smallest absolute Gasteiger partial charge is 0.259 e. The monoisotopic (exact) mass is 303 g/mol. The SMILES string of the molecule is O=C1Nc2cccnc2C1=CNc1ccc(O)c2ccccc12. The summed E-state index contributed by atoms with van der Waals surface area (Å²) >= 11 is 0. The largest absolute Gasteiger partial charge is 0.507 e. The fraction of sp³-hybridized carbons (Fsp3) is 0. The number of benzene rings is 2. The quantitative estimate of drug-likeness (QED) is 0.501. The van der Waals surface area contributed by atoms with Crippen molar-refractivity contribution in [2.24, 2.45) is 0 Å². The van der Waals surface area contributed by atoms with Gasteiger partial charge in [0.2, 0.25) is 0 Å². The lowest BCUT2D eigenvalue weighted by Gasteiger charge is -2.08. The van der Waals surface area contributed by atoms with Crippen LogP contribution < -0.4 is 10.6 Å². The lowest BCUT2D eigenvalue weighted by Crippen LogP contribution is -2.05. The molecular weight excluding hydrogens is 290 g/mol. The van der Waals surface area contributed by atoms with Gasteiger partial charge in [0.1, 0.15) is 11.4 Å². The van der Waals surface area contributed by atoms with Gasteiger partial charge < -0.3 is 15.7 Å². The van der Waals surface area contributed by atoms with Crippen LogP contribution >= 0.6 is 0 Å². The number of fused-ring (bicyclic) bond motifs is 2. The first-order valence-corrected chi connectivity index (χ1v) is 7.18. The van der Waals surface area contributed by atoms with Crippen LogP contribution in [0.3, 0.4) is 0 Å². The molecule has 0 atom stereocenters. The number of hydrogen-bond acceptors (Lipinski definition) is 4. The van der Waals surface area contributed by atoms with Crippen molar-refractivity contribution in [1.82, 2.24) is 4.98 Å². The van der Waals surface area contributed by atoms with Crippen LogP contribution in [0.15, 0.2) is 60.9 Å². The molecular formula is C18H13N3O2. The number of anilines is 2. The molecule has 0 aliphatic carbocycles. The van der Waals surface area contributed by atoms with Gasteiger partial charge in [-0.25, -0.2) is 0 Å². The molecule has 4 rings (SSSR count). The molecule has 0 saturated heterocycles. The average Bonchev–Trinajstić information content (AvgIpc) is 2.90. The van der Waals surface area contributed by atoms with Crippen LogP contribution in [0.25, 0.3) is 16.3 Å². The Kier molecular flexibility index (Phi) is 2.98. The number of carbonyl (C=O) groups is 1. The van der Waals surface area contributed by atoms with E-state index < -0.39 is 0 Å². The molecule has 0 spiro atoms. The second-order valence-electron chi connectivity index (χ2n) is 5.23. The van der Waals surface area contributed by atoms with Crippen molar-refractivity contribution in [1.29, 1.82) is 0 Å². The highest BCUT2D eigenvalue weighted by molar-refractivity contribution is 6.31. The van der Waals surface area contributed by atoms with E-state index in [9.17, 15) is 9.90 Å². The first-order chi connectivity index (χ1) is 11.2. The number of rotatable bonds is 2. The zero-order valence-corrected chi connectivity index (χ0v) is 12.1. The molecule has 1 amide bonds. The molecule has 1 aliphatic heterocycles. The van der Waals surface area contributed by atoms with Gasteiger partial charge in [0.25, 0.3) is 5.91 Å². The summed E-state index contributed by atoms with van der Waals surface area (Å²) in [5.41, 5.74) is 2.63. The van der Waals surface area contributed by atoms with Gasteiger partial charge >= 0.3 is 0 Å². The lowest BCUT2D eigenvalue weighted by molar-refractivity contribution is -0.110. The number of carbonyl (C=O) groups excluding carboxylic acids is 1. The molecule has 23 heavy (non-hydrogen) atoms. The number of hydrogen-bond donors (Lipinski definition) is 3. The third kappa shape index (κ3) is 2.19. The van der Waals surface area contributed by atoms with Gasteiger partial charge in [-0.15, -0.1) is 0 Å². The predicted octanol–water partition coefficient (Wildman–Crippen LogP) is 3.35. The molecule has 3 aromatic rings. The van der Waals surface area contributed by atoms with Gasteiger partial charge in [-0.3, -0.25) is 9.78 Å². The topological polar surface area (TPSA) is 74.2 Å². The van der Waals surface area contributed by atoms with Gasteiger partial charge in [0.15, 0.2) is 0 Å². The Bertz CT molecular complexity index is 963. The van der Waals surface area contributed by atoms with Crippen molar-refractivity contribution in [2.45, 2.75) is 0 Å². The molecule has 0 saturated carbocycles. The maximum atomic E-state index is 12.1. The standard InChI is InChI=1S/C18H13N3O2/c22-16-8-7-14(11-4-1-2-5-12(11)16)20-10-13-17-15(21-18(13)23)6-3-9-19-17/h1-10,20,22H,(H,21,23). The third-order valence-electron chi connectivity index (χ3n) is 3.83. The number of nitrogens with zero attached hydrogens (tertiary/aromatic N) is 1. The molecule has 5 nitrogen and oxygen atoms in total. The average molecular weight is 303 g/mol. The summed E-state index contributed by atoms with van der Waals surface area (Å²) in [6, 6.07) is 14.5. The predicted molar refractivity (Wildman–Crippen MR) is 90.1 cm³/mol. The Morgan fingerprint density at radius 2 is 1.87 bits per heavy atom. The Hall–Kier alpha value is -3.34. The normalized spacial score (nSPS) is 14.8. The van der Waals surface area contributed by atoms with Crippen molar-refractivity contribution in [3.8, 4) is 5.75 Å². The fourth-order valence-corrected chi connectivity index (χ4v) is 2.71. The van der Waals surface area contributed by atoms with Crippen LogP contribution in [0.2, 0.25) is 0 Å². The van der Waals surface area contributed by atoms with E-state index in [1.165, 1.54) is 0 Å². The second-order valence-corrected chi connectivity index (χ2v) is 5.23. The Morgan fingerprint density at radius 3 is 2.74 bits per heavy atom. The molecule has 5 heteroatoms. The van der Waals surface area contributed by atoms with E-state index in [0.717, 1.165) is 16.5 Å². The lowest BCUT2D eigenvalue weighted by atomic mass is 10.1. The zero-order chi connectivity index (χ0) is 15.8. The van der Waals surface area contributed by atoms with Crippen molar-refractivity contribution >= 4 is 33.6 Å². The maximum absolute atomic E-state index is 12.1. The summed E-state index contributed by atoms with van der Waals surface area (Å²) in [6.45, 7) is 0. The van der Waals surface area contributed by atoms with Gasteiger partial charge in [0, 0.05) is 28.9 Å². The zero-order valence-electron chi connectivity index (χ0n) is 12.1. The molecule has 112 valence electrons. The molecule has 3 N–H and O–H groups in total. The number of aromatic nitrogens is 1. The molecule has 0 fully saturated rings. The van der Waals surface area contributed by atoms with Crippen LogP contribution in [-0.4, -0.2) is 16.0 Å². The van der Waals surface area contributed by atoms with Crippen molar-refractivity contribution in [2.75, 3.05) is 10.6 Å². The highest BCUT2D eigenvalue weighted by Crippen LogP contribution is 2.32. The highest BCUT2D eigenvalue weighted by atomic mass is 16.3. The van der Waals surface area contributed by atoms with Crippen LogP contribution in [0.4, 0.5) is 11.4 Å². The minimum atomic E-state index is -0.186. The summed E-state index contributed by atoms with van der Waals surface area (Å²) in [6.07, 6.45) is 3.30. The van der Waals surface area contributed by atoms with E-state index in [2.05, 4.69) is 15.6 Å². The summed E-state index contributed by atoms with van der Waals surface area (Å²) in [7, 11) is 0. The molecule has 2 heterocycles. The molecule has 0 unspecified atom stereocenters. The Morgan fingerprint density at radius 1 is 1.04 bits per heavy atom. The fourth-order valence-electron chi connectivity index (χ4n) is 2.71. The first kappa shape index (κ1) is 13.3.